The smallest absolute Gasteiger partial charge is 0.307 e. The van der Waals surface area contributed by atoms with Crippen LogP contribution in [0.1, 0.15) is 23.1 Å². The van der Waals surface area contributed by atoms with Gasteiger partial charge in [-0.25, -0.2) is 0 Å². The highest BCUT2D eigenvalue weighted by molar-refractivity contribution is 6.17. The fraction of sp³-hybridized carbons (Fsp3) is 0.417. The molecule has 0 saturated carbocycles. The number of carboxylic acid groups (broad SMARTS) is 1. The lowest BCUT2D eigenvalue weighted by Gasteiger charge is -2.10. The van der Waals surface area contributed by atoms with Gasteiger partial charge in [-0.3, -0.25) is 4.79 Å². The van der Waals surface area contributed by atoms with E-state index in [0.717, 1.165) is 29.5 Å². The second-order valence-corrected chi connectivity index (χ2v) is 3.95. The van der Waals surface area contributed by atoms with E-state index in [0.29, 0.717) is 5.88 Å². The van der Waals surface area contributed by atoms with E-state index in [1.54, 1.807) is 0 Å². The number of aliphatic carboxylic acids is 1. The van der Waals surface area contributed by atoms with E-state index in [4.69, 9.17) is 16.7 Å². The lowest BCUT2D eigenvalue weighted by atomic mass is 9.96. The zero-order valence-corrected chi connectivity index (χ0v) is 9.55. The third-order valence-corrected chi connectivity index (χ3v) is 2.68. The molecule has 0 heterocycles. The normalized spacial score (nSPS) is 10.3. The molecule has 0 amide bonds. The number of hydrogen-bond donors (Lipinski definition) is 1. The zero-order chi connectivity index (χ0) is 11.3. The quantitative estimate of drug-likeness (QED) is 0.784. The number of benzene rings is 1. The van der Waals surface area contributed by atoms with Gasteiger partial charge < -0.3 is 5.11 Å². The number of rotatable bonds is 5. The summed E-state index contributed by atoms with van der Waals surface area (Å²) in [6, 6.07) is 5.79. The van der Waals surface area contributed by atoms with Gasteiger partial charge in [-0.1, -0.05) is 18.2 Å². The second-order valence-electron chi connectivity index (χ2n) is 3.58. The average molecular weight is 227 g/mol. The van der Waals surface area contributed by atoms with Crippen molar-refractivity contribution in [3.63, 3.8) is 0 Å². The predicted octanol–water partition coefficient (Wildman–Crippen LogP) is 2.79. The Morgan fingerprint density at radius 2 is 2.20 bits per heavy atom. The van der Waals surface area contributed by atoms with Crippen molar-refractivity contribution in [1.82, 2.24) is 0 Å². The summed E-state index contributed by atoms with van der Waals surface area (Å²) in [5.74, 6) is -0.173. The predicted molar refractivity (Wildman–Crippen MR) is 61.6 cm³/mol. The molecule has 0 aliphatic carbocycles. The Kier molecular flexibility index (Phi) is 4.63. The summed E-state index contributed by atoms with van der Waals surface area (Å²) in [4.78, 5) is 10.7. The zero-order valence-electron chi connectivity index (χ0n) is 8.79. The van der Waals surface area contributed by atoms with Crippen LogP contribution in [0, 0.1) is 6.92 Å². The molecule has 3 heteroatoms. The molecule has 0 bridgehead atoms. The molecule has 0 saturated heterocycles. The largest absolute Gasteiger partial charge is 0.481 e. The summed E-state index contributed by atoms with van der Waals surface area (Å²) in [5, 5.41) is 8.78. The third kappa shape index (κ3) is 3.56. The molecule has 0 radical (unpaired) electrons. The minimum Gasteiger partial charge on any atom is -0.481 e. The molecule has 1 aromatic rings. The SMILES string of the molecule is Cc1cccc(CC(=O)O)c1CCCCl. The first-order chi connectivity index (χ1) is 7.15. The van der Waals surface area contributed by atoms with E-state index in [1.807, 2.05) is 25.1 Å². The van der Waals surface area contributed by atoms with Crippen molar-refractivity contribution in [2.75, 3.05) is 5.88 Å². The lowest BCUT2D eigenvalue weighted by molar-refractivity contribution is -0.136. The molecule has 1 rings (SSSR count). The number of carboxylic acids is 1. The van der Waals surface area contributed by atoms with Crippen LogP contribution in [0.2, 0.25) is 0 Å². The highest BCUT2D eigenvalue weighted by Gasteiger charge is 2.08. The highest BCUT2D eigenvalue weighted by Crippen LogP contribution is 2.17. The van der Waals surface area contributed by atoms with Gasteiger partial charge >= 0.3 is 5.97 Å². The van der Waals surface area contributed by atoms with Gasteiger partial charge in [0.05, 0.1) is 6.42 Å². The summed E-state index contributed by atoms with van der Waals surface area (Å²) in [6.07, 6.45) is 1.84. The fourth-order valence-corrected chi connectivity index (χ4v) is 1.83. The van der Waals surface area contributed by atoms with E-state index >= 15 is 0 Å². The Balaban J connectivity index is 2.92. The highest BCUT2D eigenvalue weighted by atomic mass is 35.5. The topological polar surface area (TPSA) is 37.3 Å². The van der Waals surface area contributed by atoms with Gasteiger partial charge in [-0.2, -0.15) is 0 Å². The van der Waals surface area contributed by atoms with Crippen molar-refractivity contribution in [2.45, 2.75) is 26.2 Å². The molecule has 0 aliphatic heterocycles. The molecule has 2 nitrogen and oxygen atoms in total. The van der Waals surface area contributed by atoms with Crippen molar-refractivity contribution in [2.24, 2.45) is 0 Å². The van der Waals surface area contributed by atoms with Crippen LogP contribution in [0.4, 0.5) is 0 Å². The first kappa shape index (κ1) is 12.1. The Bertz CT molecular complexity index is 347. The van der Waals surface area contributed by atoms with E-state index in [1.165, 1.54) is 0 Å². The van der Waals surface area contributed by atoms with Crippen molar-refractivity contribution < 1.29 is 9.90 Å². The average Bonchev–Trinajstić information content (AvgIpc) is 2.16. The number of alkyl halides is 1. The first-order valence-corrected chi connectivity index (χ1v) is 5.53. The summed E-state index contributed by atoms with van der Waals surface area (Å²) < 4.78 is 0. The van der Waals surface area contributed by atoms with Crippen LogP contribution in [-0.4, -0.2) is 17.0 Å². The van der Waals surface area contributed by atoms with Crippen LogP contribution in [-0.2, 0) is 17.6 Å². The van der Waals surface area contributed by atoms with Crippen LogP contribution in [0.25, 0.3) is 0 Å². The minimum absolute atomic E-state index is 0.0965. The molecular formula is C12H15ClO2. The Morgan fingerprint density at radius 1 is 1.47 bits per heavy atom. The molecule has 0 fully saturated rings. The summed E-state index contributed by atoms with van der Waals surface area (Å²) in [6.45, 7) is 2.01. The van der Waals surface area contributed by atoms with Gasteiger partial charge in [0.1, 0.15) is 0 Å². The third-order valence-electron chi connectivity index (χ3n) is 2.41. The standard InChI is InChI=1S/C12H15ClO2/c1-9-4-2-5-10(8-12(14)15)11(9)6-3-7-13/h2,4-5H,3,6-8H2,1H3,(H,14,15). The molecule has 0 unspecified atom stereocenters. The molecule has 0 aromatic heterocycles. The Morgan fingerprint density at radius 3 is 2.80 bits per heavy atom. The maximum absolute atomic E-state index is 10.7. The van der Waals surface area contributed by atoms with Crippen molar-refractivity contribution in [3.05, 3.63) is 34.9 Å². The van der Waals surface area contributed by atoms with Gasteiger partial charge in [0.25, 0.3) is 0 Å². The first-order valence-electron chi connectivity index (χ1n) is 5.00. The van der Waals surface area contributed by atoms with Crippen molar-refractivity contribution >= 4 is 17.6 Å². The van der Waals surface area contributed by atoms with E-state index in [2.05, 4.69) is 0 Å². The summed E-state index contributed by atoms with van der Waals surface area (Å²) in [7, 11) is 0. The Hall–Kier alpha value is -1.02. The molecule has 1 N–H and O–H groups in total. The van der Waals surface area contributed by atoms with Crippen molar-refractivity contribution in [1.29, 1.82) is 0 Å². The van der Waals surface area contributed by atoms with Crippen LogP contribution in [0.3, 0.4) is 0 Å². The molecular weight excluding hydrogens is 212 g/mol. The van der Waals surface area contributed by atoms with Crippen LogP contribution in [0.5, 0.6) is 0 Å². The molecule has 15 heavy (non-hydrogen) atoms. The Labute approximate surface area is 94.9 Å². The van der Waals surface area contributed by atoms with Crippen LogP contribution >= 0.6 is 11.6 Å². The van der Waals surface area contributed by atoms with Gasteiger partial charge in [0.15, 0.2) is 0 Å². The summed E-state index contributed by atoms with van der Waals surface area (Å²) in [5.41, 5.74) is 3.20. The van der Waals surface area contributed by atoms with Gasteiger partial charge in [-0.15, -0.1) is 11.6 Å². The van der Waals surface area contributed by atoms with Gasteiger partial charge in [-0.05, 0) is 36.5 Å². The van der Waals surface area contributed by atoms with E-state index in [9.17, 15) is 4.79 Å². The van der Waals surface area contributed by atoms with E-state index < -0.39 is 5.97 Å². The molecule has 0 atom stereocenters. The van der Waals surface area contributed by atoms with Crippen LogP contribution in [0.15, 0.2) is 18.2 Å². The van der Waals surface area contributed by atoms with E-state index in [-0.39, 0.29) is 6.42 Å². The van der Waals surface area contributed by atoms with Crippen molar-refractivity contribution in [3.8, 4) is 0 Å². The molecule has 82 valence electrons. The second kappa shape index (κ2) is 5.76. The number of halogens is 1. The number of carbonyl (C=O) groups is 1. The van der Waals surface area contributed by atoms with Crippen LogP contribution < -0.4 is 0 Å². The number of aryl methyl sites for hydroxylation is 1. The molecule has 1 aromatic carbocycles. The van der Waals surface area contributed by atoms with Gasteiger partial charge in [0, 0.05) is 5.88 Å². The fourth-order valence-electron chi connectivity index (χ4n) is 1.69. The monoisotopic (exact) mass is 226 g/mol. The maximum Gasteiger partial charge on any atom is 0.307 e. The lowest BCUT2D eigenvalue weighted by Crippen LogP contribution is -2.05. The molecule has 0 spiro atoms. The number of hydrogen-bond acceptors (Lipinski definition) is 1. The minimum atomic E-state index is -0.785. The summed E-state index contributed by atoms with van der Waals surface area (Å²) >= 11 is 5.65. The van der Waals surface area contributed by atoms with Gasteiger partial charge in [0.2, 0.25) is 0 Å². The maximum atomic E-state index is 10.7. The molecule has 0 aliphatic rings.